The van der Waals surface area contributed by atoms with Crippen molar-refractivity contribution in [3.63, 3.8) is 0 Å². The van der Waals surface area contributed by atoms with Gasteiger partial charge in [0.1, 0.15) is 11.9 Å². The molecular weight excluding hydrogens is 458 g/mol. The Hall–Kier alpha value is -3.05. The van der Waals surface area contributed by atoms with Gasteiger partial charge in [-0.05, 0) is 25.3 Å². The largest absolute Gasteiger partial charge is 0.385 e. The molecule has 0 spiro atoms. The summed E-state index contributed by atoms with van der Waals surface area (Å²) in [6.07, 6.45) is 1.51. The highest BCUT2D eigenvalue weighted by Gasteiger charge is 2.54. The van der Waals surface area contributed by atoms with Crippen LogP contribution in [0, 0.1) is 0 Å². The minimum Gasteiger partial charge on any atom is -0.385 e. The number of amides is 2. The van der Waals surface area contributed by atoms with Crippen LogP contribution in [0.15, 0.2) is 39.9 Å². The number of nitrogens with zero attached hydrogens (tertiary/aromatic N) is 3. The molecule has 2 aliphatic heterocycles. The van der Waals surface area contributed by atoms with Crippen LogP contribution < -0.4 is 21.9 Å². The van der Waals surface area contributed by atoms with Crippen LogP contribution in [0.4, 0.5) is 11.5 Å². The van der Waals surface area contributed by atoms with Gasteiger partial charge in [0.15, 0.2) is 5.69 Å². The van der Waals surface area contributed by atoms with Crippen molar-refractivity contribution < 1.29 is 14.3 Å². The van der Waals surface area contributed by atoms with E-state index in [1.54, 1.807) is 23.8 Å². The van der Waals surface area contributed by atoms with Gasteiger partial charge >= 0.3 is 5.69 Å². The Balaban J connectivity index is 1.74. The maximum absolute atomic E-state index is 13.8. The highest BCUT2D eigenvalue weighted by Crippen LogP contribution is 2.47. The fraction of sp³-hybridized carbons (Fsp3) is 0.478. The summed E-state index contributed by atoms with van der Waals surface area (Å²) in [5, 5.41) is 0. The topological polar surface area (TPSA) is 131 Å². The van der Waals surface area contributed by atoms with Crippen molar-refractivity contribution in [2.24, 2.45) is 0 Å². The lowest BCUT2D eigenvalue weighted by molar-refractivity contribution is -0.136. The number of anilines is 2. The van der Waals surface area contributed by atoms with Crippen LogP contribution in [-0.4, -0.2) is 63.2 Å². The smallest absolute Gasteiger partial charge is 0.330 e. The number of nitrogen functional groups attached to an aromatic ring is 1. The number of carbonyl (C=O) groups excluding carboxylic acids is 2. The summed E-state index contributed by atoms with van der Waals surface area (Å²) >= 11 is 1.57. The zero-order valence-electron chi connectivity index (χ0n) is 19.3. The first-order valence-electron chi connectivity index (χ1n) is 11.2. The monoisotopic (exact) mass is 487 g/mol. The Morgan fingerprint density at radius 1 is 1.29 bits per heavy atom. The molecule has 2 fully saturated rings. The fourth-order valence-corrected chi connectivity index (χ4v) is 6.07. The van der Waals surface area contributed by atoms with Crippen molar-refractivity contribution in [1.82, 2.24) is 14.5 Å². The van der Waals surface area contributed by atoms with E-state index in [1.165, 1.54) is 9.47 Å². The van der Waals surface area contributed by atoms with Gasteiger partial charge in [-0.3, -0.25) is 23.9 Å². The van der Waals surface area contributed by atoms with E-state index in [0.29, 0.717) is 31.6 Å². The third kappa shape index (κ3) is 4.37. The second-order valence-corrected chi connectivity index (χ2v) is 10.2. The highest BCUT2D eigenvalue weighted by molar-refractivity contribution is 8.01. The summed E-state index contributed by atoms with van der Waals surface area (Å²) in [5.41, 5.74) is 5.71. The molecule has 34 heavy (non-hydrogen) atoms. The van der Waals surface area contributed by atoms with Crippen molar-refractivity contribution in [3.05, 3.63) is 56.7 Å². The Morgan fingerprint density at radius 3 is 2.74 bits per heavy atom. The van der Waals surface area contributed by atoms with Crippen LogP contribution in [0.25, 0.3) is 0 Å². The van der Waals surface area contributed by atoms with Crippen LogP contribution in [0.1, 0.15) is 31.7 Å². The van der Waals surface area contributed by atoms with Crippen molar-refractivity contribution in [2.75, 3.05) is 36.6 Å². The average molecular weight is 488 g/mol. The minimum absolute atomic E-state index is 0.0707. The molecule has 2 aliphatic rings. The zero-order chi connectivity index (χ0) is 24.5. The standard InChI is InChI=1S/C23H29N5O5S/c1-23-10-9-17(29)28(23)16(14-34-23)21(31)26(11-6-12-33-2)18-19(24)27(22(32)25-20(18)30)13-15-7-4-3-5-8-15/h3-5,7-8,16H,6,9-14,24H2,1-2H3,(H,25,30,32). The number of nitrogens with two attached hydrogens (primary N) is 1. The molecule has 3 N–H and O–H groups in total. The Kier molecular flexibility index (Phi) is 6.85. The SMILES string of the molecule is COCCCN(C(=O)C1CSC2(C)CCC(=O)N12)c1c(N)n(Cc2ccccc2)c(=O)[nH]c1=O. The molecule has 2 atom stereocenters. The van der Waals surface area contributed by atoms with Gasteiger partial charge in [0, 0.05) is 32.4 Å². The Labute approximate surface area is 201 Å². The molecule has 2 saturated heterocycles. The number of methoxy groups -OCH3 is 1. The van der Waals surface area contributed by atoms with E-state index < -0.39 is 22.2 Å². The molecule has 1 aromatic carbocycles. The predicted octanol–water partition coefficient (Wildman–Crippen LogP) is 0.991. The molecule has 2 unspecified atom stereocenters. The molecule has 1 aromatic heterocycles. The molecule has 182 valence electrons. The number of carbonyl (C=O) groups is 2. The molecule has 11 heteroatoms. The molecule has 0 radical (unpaired) electrons. The predicted molar refractivity (Wildman–Crippen MR) is 131 cm³/mol. The molecule has 3 heterocycles. The molecule has 2 amide bonds. The van der Waals surface area contributed by atoms with Gasteiger partial charge in [0.25, 0.3) is 11.5 Å². The Bertz CT molecular complexity index is 1200. The van der Waals surface area contributed by atoms with Gasteiger partial charge in [-0.1, -0.05) is 30.3 Å². The van der Waals surface area contributed by atoms with E-state index in [4.69, 9.17) is 10.5 Å². The number of rotatable bonds is 8. The molecule has 10 nitrogen and oxygen atoms in total. The van der Waals surface area contributed by atoms with Crippen LogP contribution in [0.2, 0.25) is 0 Å². The number of hydrogen-bond donors (Lipinski definition) is 2. The van der Waals surface area contributed by atoms with Crippen LogP contribution in [0.5, 0.6) is 0 Å². The summed E-state index contributed by atoms with van der Waals surface area (Å²) in [6, 6.07) is 8.51. The van der Waals surface area contributed by atoms with Crippen LogP contribution in [0.3, 0.4) is 0 Å². The average Bonchev–Trinajstić information content (AvgIpc) is 3.31. The second kappa shape index (κ2) is 9.67. The van der Waals surface area contributed by atoms with E-state index in [0.717, 1.165) is 5.56 Å². The van der Waals surface area contributed by atoms with Crippen LogP contribution in [-0.2, 0) is 20.9 Å². The lowest BCUT2D eigenvalue weighted by Gasteiger charge is -2.33. The number of fused-ring (bicyclic) bond motifs is 1. The number of aromatic nitrogens is 2. The minimum atomic E-state index is -0.737. The number of H-pyrrole nitrogens is 1. The number of hydrogen-bond acceptors (Lipinski definition) is 7. The van der Waals surface area contributed by atoms with Crippen molar-refractivity contribution in [1.29, 1.82) is 0 Å². The number of nitrogens with one attached hydrogen (secondary N) is 1. The van der Waals surface area contributed by atoms with Crippen molar-refractivity contribution in [2.45, 2.75) is 43.6 Å². The van der Waals surface area contributed by atoms with E-state index in [9.17, 15) is 19.2 Å². The van der Waals surface area contributed by atoms with Gasteiger partial charge in [-0.15, -0.1) is 11.8 Å². The maximum atomic E-state index is 13.8. The first-order chi connectivity index (χ1) is 16.3. The zero-order valence-corrected chi connectivity index (χ0v) is 20.1. The number of thioether (sulfide) groups is 1. The number of ether oxygens (including phenoxy) is 1. The van der Waals surface area contributed by atoms with Crippen LogP contribution >= 0.6 is 11.8 Å². The van der Waals surface area contributed by atoms with Gasteiger partial charge < -0.3 is 20.3 Å². The molecule has 4 rings (SSSR count). The molecule has 2 aromatic rings. The van der Waals surface area contributed by atoms with E-state index >= 15 is 0 Å². The summed E-state index contributed by atoms with van der Waals surface area (Å²) < 4.78 is 6.39. The van der Waals surface area contributed by atoms with Gasteiger partial charge in [0.2, 0.25) is 5.91 Å². The van der Waals surface area contributed by atoms with Crippen molar-refractivity contribution in [3.8, 4) is 0 Å². The third-order valence-electron chi connectivity index (χ3n) is 6.39. The first-order valence-corrected chi connectivity index (χ1v) is 12.2. The number of benzene rings is 1. The molecular formula is C23H29N5O5S. The summed E-state index contributed by atoms with van der Waals surface area (Å²) in [4.78, 5) is 56.8. The Morgan fingerprint density at radius 2 is 2.03 bits per heavy atom. The summed E-state index contributed by atoms with van der Waals surface area (Å²) in [6.45, 7) is 2.62. The van der Waals surface area contributed by atoms with Gasteiger partial charge in [-0.2, -0.15) is 0 Å². The quantitative estimate of drug-likeness (QED) is 0.531. The lowest BCUT2D eigenvalue weighted by Crippen LogP contribution is -2.53. The van der Waals surface area contributed by atoms with Gasteiger partial charge in [-0.25, -0.2) is 4.79 Å². The first kappa shape index (κ1) is 24.1. The summed E-state index contributed by atoms with van der Waals surface area (Å²) in [5.74, 6) is -0.114. The fourth-order valence-electron chi connectivity index (χ4n) is 4.64. The van der Waals surface area contributed by atoms with E-state index in [2.05, 4.69) is 4.98 Å². The number of aromatic amines is 1. The maximum Gasteiger partial charge on any atom is 0.330 e. The van der Waals surface area contributed by atoms with Gasteiger partial charge in [0.05, 0.1) is 11.4 Å². The van der Waals surface area contributed by atoms with E-state index in [-0.39, 0.29) is 36.4 Å². The lowest BCUT2D eigenvalue weighted by atomic mass is 10.1. The highest BCUT2D eigenvalue weighted by atomic mass is 32.2. The van der Waals surface area contributed by atoms with Crippen molar-refractivity contribution >= 4 is 35.1 Å². The normalized spacial score (nSPS) is 21.6. The molecule has 0 aliphatic carbocycles. The molecule has 0 saturated carbocycles. The summed E-state index contributed by atoms with van der Waals surface area (Å²) in [7, 11) is 1.55. The third-order valence-corrected chi connectivity index (χ3v) is 7.90. The van der Waals surface area contributed by atoms with E-state index in [1.807, 2.05) is 37.3 Å². The molecule has 0 bridgehead atoms. The second-order valence-electron chi connectivity index (χ2n) is 8.67.